The van der Waals surface area contributed by atoms with E-state index in [0.29, 0.717) is 19.8 Å². The van der Waals surface area contributed by atoms with Gasteiger partial charge in [-0.05, 0) is 36.2 Å². The van der Waals surface area contributed by atoms with Crippen LogP contribution in [0.3, 0.4) is 0 Å². The second kappa shape index (κ2) is 5.63. The van der Waals surface area contributed by atoms with E-state index in [1.165, 1.54) is 0 Å². The lowest BCUT2D eigenvalue weighted by atomic mass is 10.1. The zero-order chi connectivity index (χ0) is 13.9. The molecule has 20 heavy (non-hydrogen) atoms. The van der Waals surface area contributed by atoms with Gasteiger partial charge in [0.1, 0.15) is 13.2 Å². The molecule has 1 heterocycles. The van der Waals surface area contributed by atoms with Crippen LogP contribution >= 0.6 is 11.6 Å². The number of rotatable bonds is 3. The minimum Gasteiger partial charge on any atom is -0.486 e. The summed E-state index contributed by atoms with van der Waals surface area (Å²) in [6.07, 6.45) is 0. The molecular formula is C16H16ClNO2. The topological polar surface area (TPSA) is 30.5 Å². The van der Waals surface area contributed by atoms with E-state index in [4.69, 9.17) is 21.1 Å². The Bertz CT molecular complexity index is 608. The number of aryl methyl sites for hydroxylation is 1. The summed E-state index contributed by atoms with van der Waals surface area (Å²) in [5, 5.41) is 4.11. The van der Waals surface area contributed by atoms with E-state index in [9.17, 15) is 0 Å². The number of hydrogen-bond donors (Lipinski definition) is 1. The molecule has 0 saturated carbocycles. The minimum absolute atomic E-state index is 0.605. The first-order chi connectivity index (χ1) is 9.74. The number of fused-ring (bicyclic) bond motifs is 1. The molecule has 0 aliphatic carbocycles. The molecule has 0 unspecified atom stereocenters. The molecule has 3 nitrogen and oxygen atoms in total. The van der Waals surface area contributed by atoms with Crippen molar-refractivity contribution in [2.45, 2.75) is 13.5 Å². The van der Waals surface area contributed by atoms with Crippen molar-refractivity contribution in [1.29, 1.82) is 0 Å². The van der Waals surface area contributed by atoms with Gasteiger partial charge in [-0.2, -0.15) is 0 Å². The van der Waals surface area contributed by atoms with E-state index in [1.54, 1.807) is 0 Å². The second-order valence-corrected chi connectivity index (χ2v) is 5.17. The Morgan fingerprint density at radius 3 is 2.70 bits per heavy atom. The Morgan fingerprint density at radius 2 is 1.90 bits per heavy atom. The standard InChI is InChI=1S/C16H16ClNO2/c1-11-3-2-4-13(17)16(11)18-10-12-5-6-14-15(9-12)20-8-7-19-14/h2-6,9,18H,7-8,10H2,1H3. The molecule has 0 fully saturated rings. The summed E-state index contributed by atoms with van der Waals surface area (Å²) >= 11 is 6.20. The predicted octanol–water partition coefficient (Wildman–Crippen LogP) is 4.03. The number of para-hydroxylation sites is 1. The fraction of sp³-hybridized carbons (Fsp3) is 0.250. The van der Waals surface area contributed by atoms with Gasteiger partial charge in [-0.3, -0.25) is 0 Å². The number of benzene rings is 2. The van der Waals surface area contributed by atoms with Crippen LogP contribution in [0, 0.1) is 6.92 Å². The van der Waals surface area contributed by atoms with E-state index in [2.05, 4.69) is 5.32 Å². The Hall–Kier alpha value is -1.87. The lowest BCUT2D eigenvalue weighted by molar-refractivity contribution is 0.171. The molecule has 0 saturated heterocycles. The summed E-state index contributed by atoms with van der Waals surface area (Å²) in [5.41, 5.74) is 3.24. The average Bonchev–Trinajstić information content (AvgIpc) is 2.46. The quantitative estimate of drug-likeness (QED) is 0.925. The van der Waals surface area contributed by atoms with Crippen molar-refractivity contribution < 1.29 is 9.47 Å². The van der Waals surface area contributed by atoms with Gasteiger partial charge in [0.15, 0.2) is 11.5 Å². The van der Waals surface area contributed by atoms with Crippen LogP contribution in [-0.4, -0.2) is 13.2 Å². The van der Waals surface area contributed by atoms with Crippen LogP contribution in [0.2, 0.25) is 5.02 Å². The smallest absolute Gasteiger partial charge is 0.161 e. The zero-order valence-electron chi connectivity index (χ0n) is 11.3. The largest absolute Gasteiger partial charge is 0.486 e. The maximum atomic E-state index is 6.20. The molecule has 2 aromatic carbocycles. The van der Waals surface area contributed by atoms with Crippen molar-refractivity contribution in [3.8, 4) is 11.5 Å². The highest BCUT2D eigenvalue weighted by Crippen LogP contribution is 2.31. The zero-order valence-corrected chi connectivity index (χ0v) is 12.0. The second-order valence-electron chi connectivity index (χ2n) is 4.76. The Labute approximate surface area is 123 Å². The van der Waals surface area contributed by atoms with Gasteiger partial charge in [0.2, 0.25) is 0 Å². The molecule has 1 aliphatic rings. The number of hydrogen-bond acceptors (Lipinski definition) is 3. The average molecular weight is 290 g/mol. The summed E-state index contributed by atoms with van der Waals surface area (Å²) in [6.45, 7) is 3.95. The van der Waals surface area contributed by atoms with Crippen molar-refractivity contribution in [3.05, 3.63) is 52.5 Å². The maximum absolute atomic E-state index is 6.20. The molecule has 1 aliphatic heterocycles. The van der Waals surface area contributed by atoms with Gasteiger partial charge in [-0.25, -0.2) is 0 Å². The van der Waals surface area contributed by atoms with Gasteiger partial charge >= 0.3 is 0 Å². The molecule has 3 rings (SSSR count). The van der Waals surface area contributed by atoms with Gasteiger partial charge in [-0.15, -0.1) is 0 Å². The maximum Gasteiger partial charge on any atom is 0.161 e. The summed E-state index contributed by atoms with van der Waals surface area (Å²) in [7, 11) is 0. The molecule has 0 spiro atoms. The van der Waals surface area contributed by atoms with Gasteiger partial charge in [0, 0.05) is 6.54 Å². The molecule has 0 amide bonds. The summed E-state index contributed by atoms with van der Waals surface area (Å²) in [5.74, 6) is 1.63. The SMILES string of the molecule is Cc1cccc(Cl)c1NCc1ccc2c(c1)OCCO2. The summed E-state index contributed by atoms with van der Waals surface area (Å²) < 4.78 is 11.1. The molecular weight excluding hydrogens is 274 g/mol. The van der Waals surface area contributed by atoms with Crippen molar-refractivity contribution in [2.75, 3.05) is 18.5 Å². The van der Waals surface area contributed by atoms with Gasteiger partial charge in [-0.1, -0.05) is 29.8 Å². The van der Waals surface area contributed by atoms with Crippen LogP contribution in [0.4, 0.5) is 5.69 Å². The molecule has 0 aromatic heterocycles. The van der Waals surface area contributed by atoms with Crippen molar-refractivity contribution >= 4 is 17.3 Å². The normalized spacial score (nSPS) is 13.1. The monoisotopic (exact) mass is 289 g/mol. The van der Waals surface area contributed by atoms with E-state index < -0.39 is 0 Å². The Morgan fingerprint density at radius 1 is 1.10 bits per heavy atom. The molecule has 1 N–H and O–H groups in total. The summed E-state index contributed by atoms with van der Waals surface area (Å²) in [6, 6.07) is 11.9. The van der Waals surface area contributed by atoms with Crippen LogP contribution in [0.5, 0.6) is 11.5 Å². The van der Waals surface area contributed by atoms with E-state index in [1.807, 2.05) is 43.3 Å². The van der Waals surface area contributed by atoms with E-state index in [0.717, 1.165) is 33.3 Å². The highest BCUT2D eigenvalue weighted by Gasteiger charge is 2.11. The van der Waals surface area contributed by atoms with Gasteiger partial charge in [0.05, 0.1) is 10.7 Å². The lowest BCUT2D eigenvalue weighted by Crippen LogP contribution is -2.15. The molecule has 104 valence electrons. The van der Waals surface area contributed by atoms with Crippen LogP contribution in [0.1, 0.15) is 11.1 Å². The van der Waals surface area contributed by atoms with Crippen LogP contribution < -0.4 is 14.8 Å². The van der Waals surface area contributed by atoms with Crippen molar-refractivity contribution in [3.63, 3.8) is 0 Å². The molecule has 0 radical (unpaired) electrons. The van der Waals surface area contributed by atoms with Crippen LogP contribution in [-0.2, 0) is 6.54 Å². The number of ether oxygens (including phenoxy) is 2. The summed E-state index contributed by atoms with van der Waals surface area (Å²) in [4.78, 5) is 0. The third-order valence-corrected chi connectivity index (χ3v) is 3.61. The third kappa shape index (κ3) is 2.68. The van der Waals surface area contributed by atoms with Gasteiger partial charge in [0.25, 0.3) is 0 Å². The number of nitrogens with one attached hydrogen (secondary N) is 1. The van der Waals surface area contributed by atoms with E-state index in [-0.39, 0.29) is 0 Å². The highest BCUT2D eigenvalue weighted by molar-refractivity contribution is 6.33. The third-order valence-electron chi connectivity index (χ3n) is 3.30. The Balaban J connectivity index is 1.75. The first-order valence-corrected chi connectivity index (χ1v) is 6.99. The highest BCUT2D eigenvalue weighted by atomic mass is 35.5. The van der Waals surface area contributed by atoms with E-state index >= 15 is 0 Å². The van der Waals surface area contributed by atoms with Crippen molar-refractivity contribution in [1.82, 2.24) is 0 Å². The van der Waals surface area contributed by atoms with Gasteiger partial charge < -0.3 is 14.8 Å². The number of halogens is 1. The van der Waals surface area contributed by atoms with Crippen LogP contribution in [0.25, 0.3) is 0 Å². The lowest BCUT2D eigenvalue weighted by Gasteiger charge is -2.19. The number of anilines is 1. The Kier molecular flexibility index (Phi) is 3.70. The van der Waals surface area contributed by atoms with Crippen LogP contribution in [0.15, 0.2) is 36.4 Å². The molecule has 2 aromatic rings. The van der Waals surface area contributed by atoms with Crippen molar-refractivity contribution in [2.24, 2.45) is 0 Å². The molecule has 4 heteroatoms. The predicted molar refractivity (Wildman–Crippen MR) is 80.9 cm³/mol. The first-order valence-electron chi connectivity index (χ1n) is 6.61. The first kappa shape index (κ1) is 13.1. The molecule has 0 bridgehead atoms. The fourth-order valence-electron chi connectivity index (χ4n) is 2.24. The molecule has 0 atom stereocenters. The minimum atomic E-state index is 0.605. The fourth-order valence-corrected chi connectivity index (χ4v) is 2.53.